The highest BCUT2D eigenvalue weighted by Gasteiger charge is 2.19. The molecule has 0 saturated heterocycles. The van der Waals surface area contributed by atoms with Gasteiger partial charge in [0.05, 0.1) is 24.2 Å². The maximum absolute atomic E-state index is 6.07. The van der Waals surface area contributed by atoms with Crippen molar-refractivity contribution in [2.24, 2.45) is 0 Å². The Hall–Kier alpha value is -1.17. The van der Waals surface area contributed by atoms with E-state index in [-0.39, 0.29) is 6.04 Å². The number of nitrogens with one attached hydrogen (secondary N) is 1. The molecule has 0 fully saturated rings. The van der Waals surface area contributed by atoms with Crippen LogP contribution in [0.4, 0.5) is 0 Å². The van der Waals surface area contributed by atoms with Gasteiger partial charge in [-0.2, -0.15) is 0 Å². The third-order valence-corrected chi connectivity index (χ3v) is 3.54. The van der Waals surface area contributed by atoms with Gasteiger partial charge in [-0.25, -0.2) is 0 Å². The number of aromatic nitrogens is 2. The highest BCUT2D eigenvalue weighted by molar-refractivity contribution is 7.05. The van der Waals surface area contributed by atoms with Crippen LogP contribution in [-0.2, 0) is 0 Å². The van der Waals surface area contributed by atoms with Crippen LogP contribution in [0, 0.1) is 0 Å². The van der Waals surface area contributed by atoms with Gasteiger partial charge in [0.2, 0.25) is 0 Å². The molecule has 96 valence electrons. The Morgan fingerprint density at radius 2 is 2.33 bits per heavy atom. The van der Waals surface area contributed by atoms with E-state index in [4.69, 9.17) is 16.3 Å². The van der Waals surface area contributed by atoms with Crippen molar-refractivity contribution in [3.05, 3.63) is 39.9 Å². The van der Waals surface area contributed by atoms with E-state index in [0.29, 0.717) is 5.02 Å². The summed E-state index contributed by atoms with van der Waals surface area (Å²) >= 11 is 7.44. The summed E-state index contributed by atoms with van der Waals surface area (Å²) in [5.41, 5.74) is 0.998. The summed E-state index contributed by atoms with van der Waals surface area (Å²) in [5, 5.41) is 7.96. The minimum atomic E-state index is 0.00338. The molecule has 2 rings (SSSR count). The smallest absolute Gasteiger partial charge is 0.124 e. The van der Waals surface area contributed by atoms with Crippen molar-refractivity contribution in [1.29, 1.82) is 0 Å². The molecule has 1 N–H and O–H groups in total. The molecule has 4 nitrogen and oxygen atoms in total. The number of rotatable bonds is 5. The normalized spacial score (nSPS) is 12.4. The molecule has 0 aliphatic rings. The summed E-state index contributed by atoms with van der Waals surface area (Å²) in [7, 11) is 1.65. The average Bonchev–Trinajstić information content (AvgIpc) is 2.89. The fourth-order valence-electron chi connectivity index (χ4n) is 1.80. The second kappa shape index (κ2) is 6.13. The molecular formula is C12H14ClN3OS. The first kappa shape index (κ1) is 13.3. The molecule has 1 aromatic heterocycles. The number of methoxy groups -OCH3 is 1. The molecule has 6 heteroatoms. The van der Waals surface area contributed by atoms with Gasteiger partial charge in [0, 0.05) is 10.6 Å². The Bertz CT molecular complexity index is 504. The second-order valence-corrected chi connectivity index (χ2v) is 4.95. The first-order valence-electron chi connectivity index (χ1n) is 5.60. The van der Waals surface area contributed by atoms with Crippen molar-refractivity contribution in [1.82, 2.24) is 14.9 Å². The minimum absolute atomic E-state index is 0.00338. The van der Waals surface area contributed by atoms with Crippen molar-refractivity contribution in [3.8, 4) is 5.75 Å². The van der Waals surface area contributed by atoms with Crippen LogP contribution in [0.3, 0.4) is 0 Å². The standard InChI is InChI=1S/C12H14ClN3OS/c1-3-14-12(11-7-15-16-18-11)9-6-8(13)4-5-10(9)17-2/h4-7,12,14H,3H2,1-2H3. The van der Waals surface area contributed by atoms with Gasteiger partial charge in [-0.1, -0.05) is 23.0 Å². The maximum Gasteiger partial charge on any atom is 0.124 e. The summed E-state index contributed by atoms with van der Waals surface area (Å²) in [6, 6.07) is 5.60. The zero-order chi connectivity index (χ0) is 13.0. The molecule has 0 amide bonds. The molecule has 1 unspecified atom stereocenters. The quantitative estimate of drug-likeness (QED) is 0.916. The third-order valence-electron chi connectivity index (χ3n) is 2.57. The van der Waals surface area contributed by atoms with Crippen LogP contribution >= 0.6 is 23.1 Å². The van der Waals surface area contributed by atoms with E-state index in [1.165, 1.54) is 11.5 Å². The Kier molecular flexibility index (Phi) is 4.52. The summed E-state index contributed by atoms with van der Waals surface area (Å²) in [6.07, 6.45) is 1.76. The molecule has 0 aliphatic carbocycles. The van der Waals surface area contributed by atoms with Gasteiger partial charge in [0.1, 0.15) is 5.75 Å². The SMILES string of the molecule is CCNC(c1cnns1)c1cc(Cl)ccc1OC. The van der Waals surface area contributed by atoms with E-state index in [0.717, 1.165) is 22.7 Å². The van der Waals surface area contributed by atoms with E-state index in [2.05, 4.69) is 21.8 Å². The molecule has 0 radical (unpaired) electrons. The first-order chi connectivity index (χ1) is 8.76. The van der Waals surface area contributed by atoms with E-state index < -0.39 is 0 Å². The van der Waals surface area contributed by atoms with E-state index >= 15 is 0 Å². The molecule has 1 heterocycles. The number of hydrogen-bond acceptors (Lipinski definition) is 5. The maximum atomic E-state index is 6.07. The molecule has 18 heavy (non-hydrogen) atoms. The lowest BCUT2D eigenvalue weighted by Crippen LogP contribution is -2.21. The molecule has 0 aliphatic heterocycles. The van der Waals surface area contributed by atoms with Crippen LogP contribution in [0.15, 0.2) is 24.4 Å². The monoisotopic (exact) mass is 283 g/mol. The summed E-state index contributed by atoms with van der Waals surface area (Å²) in [5.74, 6) is 0.804. The minimum Gasteiger partial charge on any atom is -0.496 e. The number of hydrogen-bond donors (Lipinski definition) is 1. The van der Waals surface area contributed by atoms with E-state index in [1.54, 1.807) is 13.3 Å². The first-order valence-corrected chi connectivity index (χ1v) is 6.75. The zero-order valence-electron chi connectivity index (χ0n) is 10.2. The Labute approximate surface area is 115 Å². The molecule has 2 aromatic rings. The van der Waals surface area contributed by atoms with Gasteiger partial charge in [0.25, 0.3) is 0 Å². The predicted octanol–water partition coefficient (Wildman–Crippen LogP) is 2.90. The van der Waals surface area contributed by atoms with Crippen molar-refractivity contribution in [3.63, 3.8) is 0 Å². The fraction of sp³-hybridized carbons (Fsp3) is 0.333. The van der Waals surface area contributed by atoms with Crippen molar-refractivity contribution < 1.29 is 4.74 Å². The van der Waals surface area contributed by atoms with Crippen molar-refractivity contribution in [2.75, 3.05) is 13.7 Å². The Morgan fingerprint density at radius 1 is 1.50 bits per heavy atom. The fourth-order valence-corrected chi connectivity index (χ4v) is 2.58. The summed E-state index contributed by atoms with van der Waals surface area (Å²) in [6.45, 7) is 2.89. The lowest BCUT2D eigenvalue weighted by Gasteiger charge is -2.19. The van der Waals surface area contributed by atoms with Gasteiger partial charge in [-0.3, -0.25) is 0 Å². The van der Waals surface area contributed by atoms with E-state index in [1.807, 2.05) is 18.2 Å². The predicted molar refractivity (Wildman–Crippen MR) is 73.4 cm³/mol. The number of nitrogens with zero attached hydrogens (tertiary/aromatic N) is 2. The van der Waals surface area contributed by atoms with Gasteiger partial charge >= 0.3 is 0 Å². The lowest BCUT2D eigenvalue weighted by atomic mass is 10.0. The highest BCUT2D eigenvalue weighted by atomic mass is 35.5. The second-order valence-electron chi connectivity index (χ2n) is 3.70. The van der Waals surface area contributed by atoms with Crippen LogP contribution in [0.1, 0.15) is 23.4 Å². The van der Waals surface area contributed by atoms with Crippen molar-refractivity contribution in [2.45, 2.75) is 13.0 Å². The largest absolute Gasteiger partial charge is 0.496 e. The molecule has 0 spiro atoms. The average molecular weight is 284 g/mol. The van der Waals surface area contributed by atoms with Crippen LogP contribution in [0.2, 0.25) is 5.02 Å². The number of ether oxygens (including phenoxy) is 1. The molecular weight excluding hydrogens is 270 g/mol. The Morgan fingerprint density at radius 3 is 2.94 bits per heavy atom. The molecule has 0 saturated carbocycles. The zero-order valence-corrected chi connectivity index (χ0v) is 11.8. The topological polar surface area (TPSA) is 47.0 Å². The highest BCUT2D eigenvalue weighted by Crippen LogP contribution is 2.33. The Balaban J connectivity index is 2.45. The van der Waals surface area contributed by atoms with E-state index in [9.17, 15) is 0 Å². The molecule has 0 bridgehead atoms. The summed E-state index contributed by atoms with van der Waals surface area (Å²) in [4.78, 5) is 1.04. The number of benzene rings is 1. The van der Waals surface area contributed by atoms with Crippen LogP contribution in [-0.4, -0.2) is 23.2 Å². The van der Waals surface area contributed by atoms with Gasteiger partial charge in [-0.15, -0.1) is 5.10 Å². The van der Waals surface area contributed by atoms with Gasteiger partial charge in [0.15, 0.2) is 0 Å². The van der Waals surface area contributed by atoms with Gasteiger partial charge in [-0.05, 0) is 36.3 Å². The van der Waals surface area contributed by atoms with Crippen LogP contribution in [0.5, 0.6) is 5.75 Å². The summed E-state index contributed by atoms with van der Waals surface area (Å²) < 4.78 is 9.30. The van der Waals surface area contributed by atoms with Crippen molar-refractivity contribution >= 4 is 23.1 Å². The lowest BCUT2D eigenvalue weighted by molar-refractivity contribution is 0.404. The molecule has 1 aromatic carbocycles. The third kappa shape index (κ3) is 2.80. The van der Waals surface area contributed by atoms with Crippen LogP contribution < -0.4 is 10.1 Å². The number of halogens is 1. The van der Waals surface area contributed by atoms with Crippen LogP contribution in [0.25, 0.3) is 0 Å². The van der Waals surface area contributed by atoms with Gasteiger partial charge < -0.3 is 10.1 Å². The molecule has 1 atom stereocenters.